The Morgan fingerprint density at radius 2 is 2.03 bits per heavy atom. The first-order chi connectivity index (χ1) is 14.0. The monoisotopic (exact) mass is 423 g/mol. The number of amides is 1. The molecule has 0 saturated carbocycles. The Hall–Kier alpha value is -3.40. The number of carbonyl (C=O) groups is 1. The van der Waals surface area contributed by atoms with Crippen molar-refractivity contribution >= 4 is 40.5 Å². The smallest absolute Gasteiger partial charge is 0.234 e. The molecule has 2 aromatic heterocycles. The molecule has 0 atom stereocenters. The summed E-state index contributed by atoms with van der Waals surface area (Å²) in [5.74, 6) is -0.856. The summed E-state index contributed by atoms with van der Waals surface area (Å²) in [4.78, 5) is 17.2. The van der Waals surface area contributed by atoms with Gasteiger partial charge in [0, 0.05) is 21.7 Å². The lowest BCUT2D eigenvalue weighted by Crippen LogP contribution is -2.15. The number of halogens is 1. The molecule has 0 unspecified atom stereocenters. The molecule has 0 aliphatic heterocycles. The molecule has 0 aliphatic rings. The topological polar surface area (TPSA) is 116 Å². The SMILES string of the molecule is Cc1c(F)cccc1NC(=O)CSc1nc(N)c(C#N)c(-c2cccs2)c1C#N. The van der Waals surface area contributed by atoms with E-state index in [1.807, 2.05) is 11.4 Å². The molecule has 2 heterocycles. The minimum absolute atomic E-state index is 0.00113. The number of nitrogen functional groups attached to an aromatic ring is 1. The van der Waals surface area contributed by atoms with Crippen molar-refractivity contribution in [3.05, 3.63) is 58.2 Å². The van der Waals surface area contributed by atoms with E-state index in [1.165, 1.54) is 23.5 Å². The van der Waals surface area contributed by atoms with Crippen LogP contribution in [0.15, 0.2) is 40.7 Å². The number of nitriles is 2. The normalized spacial score (nSPS) is 10.2. The number of hydrogen-bond acceptors (Lipinski definition) is 7. The third kappa shape index (κ3) is 4.21. The van der Waals surface area contributed by atoms with E-state index in [9.17, 15) is 19.7 Å². The zero-order chi connectivity index (χ0) is 21.0. The van der Waals surface area contributed by atoms with Gasteiger partial charge in [0.1, 0.15) is 34.4 Å². The van der Waals surface area contributed by atoms with Crippen molar-refractivity contribution < 1.29 is 9.18 Å². The van der Waals surface area contributed by atoms with Gasteiger partial charge in [-0.05, 0) is 30.5 Å². The van der Waals surface area contributed by atoms with Crippen molar-refractivity contribution in [1.82, 2.24) is 4.98 Å². The lowest BCUT2D eigenvalue weighted by Gasteiger charge is -2.12. The van der Waals surface area contributed by atoms with E-state index in [-0.39, 0.29) is 33.6 Å². The molecule has 0 radical (unpaired) electrons. The van der Waals surface area contributed by atoms with Crippen molar-refractivity contribution in [3.63, 3.8) is 0 Å². The molecule has 0 fully saturated rings. The fraction of sp³-hybridized carbons (Fsp3) is 0.100. The summed E-state index contributed by atoms with van der Waals surface area (Å²) in [6, 6.07) is 12.1. The first-order valence-electron chi connectivity index (χ1n) is 8.31. The minimum atomic E-state index is -0.413. The summed E-state index contributed by atoms with van der Waals surface area (Å²) in [6.45, 7) is 1.57. The molecular weight excluding hydrogens is 409 g/mol. The maximum Gasteiger partial charge on any atom is 0.234 e. The van der Waals surface area contributed by atoms with E-state index in [0.717, 1.165) is 11.8 Å². The number of carbonyl (C=O) groups excluding carboxylic acids is 1. The second-order valence-corrected chi connectivity index (χ2v) is 7.79. The largest absolute Gasteiger partial charge is 0.383 e. The number of hydrogen-bond donors (Lipinski definition) is 2. The summed E-state index contributed by atoms with van der Waals surface area (Å²) >= 11 is 2.40. The van der Waals surface area contributed by atoms with Crippen LogP contribution in [-0.4, -0.2) is 16.6 Å². The summed E-state index contributed by atoms with van der Waals surface area (Å²) in [6.07, 6.45) is 0. The van der Waals surface area contributed by atoms with E-state index in [0.29, 0.717) is 21.7 Å². The van der Waals surface area contributed by atoms with Crippen LogP contribution in [0.2, 0.25) is 0 Å². The van der Waals surface area contributed by atoms with Gasteiger partial charge in [-0.1, -0.05) is 23.9 Å². The van der Waals surface area contributed by atoms with E-state index in [4.69, 9.17) is 5.73 Å². The molecule has 9 heteroatoms. The number of thioether (sulfide) groups is 1. The first-order valence-corrected chi connectivity index (χ1v) is 10.2. The van der Waals surface area contributed by atoms with E-state index in [1.54, 1.807) is 25.1 Å². The molecule has 0 spiro atoms. The Labute approximate surface area is 174 Å². The van der Waals surface area contributed by atoms with Gasteiger partial charge in [0.15, 0.2) is 0 Å². The number of aromatic nitrogens is 1. The number of nitrogens with two attached hydrogens (primary N) is 1. The van der Waals surface area contributed by atoms with Crippen LogP contribution < -0.4 is 11.1 Å². The summed E-state index contributed by atoms with van der Waals surface area (Å²) in [5, 5.41) is 23.9. The lowest BCUT2D eigenvalue weighted by atomic mass is 10.0. The highest BCUT2D eigenvalue weighted by Crippen LogP contribution is 2.37. The Balaban J connectivity index is 1.88. The predicted octanol–water partition coefficient (Wildman–Crippen LogP) is 4.31. The molecule has 3 rings (SSSR count). The molecule has 144 valence electrons. The van der Waals surface area contributed by atoms with Crippen LogP contribution in [-0.2, 0) is 4.79 Å². The van der Waals surface area contributed by atoms with Gasteiger partial charge in [-0.3, -0.25) is 4.79 Å². The number of anilines is 2. The molecular formula is C20H14FN5OS2. The molecule has 3 N–H and O–H groups in total. The molecule has 29 heavy (non-hydrogen) atoms. The van der Waals surface area contributed by atoms with Gasteiger partial charge in [-0.15, -0.1) is 11.3 Å². The molecule has 0 bridgehead atoms. The zero-order valence-corrected chi connectivity index (χ0v) is 16.8. The number of thiophene rings is 1. The van der Waals surface area contributed by atoms with Crippen LogP contribution in [0.3, 0.4) is 0 Å². The van der Waals surface area contributed by atoms with Gasteiger partial charge in [0.05, 0.1) is 11.3 Å². The van der Waals surface area contributed by atoms with Gasteiger partial charge >= 0.3 is 0 Å². The fourth-order valence-electron chi connectivity index (χ4n) is 2.63. The van der Waals surface area contributed by atoms with Crippen LogP contribution >= 0.6 is 23.1 Å². The number of pyridine rings is 1. The average molecular weight is 423 g/mol. The van der Waals surface area contributed by atoms with Gasteiger partial charge in [0.25, 0.3) is 0 Å². The van der Waals surface area contributed by atoms with Crippen LogP contribution in [0.5, 0.6) is 0 Å². The van der Waals surface area contributed by atoms with Crippen molar-refractivity contribution in [1.29, 1.82) is 10.5 Å². The van der Waals surface area contributed by atoms with Gasteiger partial charge < -0.3 is 11.1 Å². The molecule has 1 aromatic carbocycles. The fourth-order valence-corrected chi connectivity index (χ4v) is 4.21. The van der Waals surface area contributed by atoms with Crippen LogP contribution in [0.4, 0.5) is 15.9 Å². The Bertz CT molecular complexity index is 1160. The van der Waals surface area contributed by atoms with Crippen LogP contribution in [0.1, 0.15) is 16.7 Å². The highest BCUT2D eigenvalue weighted by Gasteiger charge is 2.21. The minimum Gasteiger partial charge on any atom is -0.383 e. The summed E-state index contributed by atoms with van der Waals surface area (Å²) in [5.41, 5.74) is 7.39. The van der Waals surface area contributed by atoms with E-state index >= 15 is 0 Å². The predicted molar refractivity (Wildman–Crippen MR) is 112 cm³/mol. The van der Waals surface area contributed by atoms with Gasteiger partial charge in [-0.25, -0.2) is 9.37 Å². The second kappa shape index (κ2) is 8.74. The maximum absolute atomic E-state index is 13.6. The van der Waals surface area contributed by atoms with E-state index in [2.05, 4.69) is 16.4 Å². The van der Waals surface area contributed by atoms with Crippen molar-refractivity contribution in [2.75, 3.05) is 16.8 Å². The quantitative estimate of drug-likeness (QED) is 0.591. The average Bonchev–Trinajstić information content (AvgIpc) is 3.23. The number of rotatable bonds is 5. The van der Waals surface area contributed by atoms with Crippen molar-refractivity contribution in [2.24, 2.45) is 0 Å². The Morgan fingerprint density at radius 3 is 2.69 bits per heavy atom. The third-order valence-electron chi connectivity index (χ3n) is 4.06. The second-order valence-electron chi connectivity index (χ2n) is 5.88. The Kier molecular flexibility index (Phi) is 6.13. The third-order valence-corrected chi connectivity index (χ3v) is 5.93. The number of nitrogens with one attached hydrogen (secondary N) is 1. The highest BCUT2D eigenvalue weighted by molar-refractivity contribution is 8.00. The highest BCUT2D eigenvalue weighted by atomic mass is 32.2. The molecule has 6 nitrogen and oxygen atoms in total. The lowest BCUT2D eigenvalue weighted by molar-refractivity contribution is -0.113. The standard InChI is InChI=1S/C20H14FN5OS2/c1-11-14(21)4-2-5-15(11)25-17(27)10-29-20-13(9-23)18(16-6-3-7-28-16)12(8-22)19(24)26-20/h2-7H,10H2,1H3,(H2,24,26)(H,25,27). The van der Waals surface area contributed by atoms with E-state index < -0.39 is 5.82 Å². The summed E-state index contributed by atoms with van der Waals surface area (Å²) in [7, 11) is 0. The number of nitrogens with zero attached hydrogens (tertiary/aromatic N) is 3. The Morgan fingerprint density at radius 1 is 1.28 bits per heavy atom. The van der Waals surface area contributed by atoms with Crippen LogP contribution in [0, 0.1) is 35.4 Å². The number of benzene rings is 1. The molecule has 0 saturated heterocycles. The van der Waals surface area contributed by atoms with Gasteiger partial charge in [-0.2, -0.15) is 10.5 Å². The van der Waals surface area contributed by atoms with Crippen molar-refractivity contribution in [2.45, 2.75) is 11.9 Å². The van der Waals surface area contributed by atoms with Crippen molar-refractivity contribution in [3.8, 4) is 22.6 Å². The van der Waals surface area contributed by atoms with Crippen LogP contribution in [0.25, 0.3) is 10.4 Å². The maximum atomic E-state index is 13.6. The molecule has 3 aromatic rings. The molecule has 1 amide bonds. The molecule has 0 aliphatic carbocycles. The summed E-state index contributed by atoms with van der Waals surface area (Å²) < 4.78 is 13.6. The van der Waals surface area contributed by atoms with Gasteiger partial charge in [0.2, 0.25) is 5.91 Å². The zero-order valence-electron chi connectivity index (χ0n) is 15.2. The first kappa shape index (κ1) is 20.3.